The fourth-order valence-corrected chi connectivity index (χ4v) is 5.08. The van der Waals surface area contributed by atoms with Crippen LogP contribution in [-0.4, -0.2) is 81.5 Å². The van der Waals surface area contributed by atoms with Gasteiger partial charge < -0.3 is 25.6 Å². The number of nitrogens with one attached hydrogen (secondary N) is 1. The highest BCUT2D eigenvalue weighted by Gasteiger charge is 2.34. The van der Waals surface area contributed by atoms with E-state index < -0.39 is 0 Å². The third-order valence-corrected chi connectivity index (χ3v) is 7.73. The Kier molecular flexibility index (Phi) is 14.3. The van der Waals surface area contributed by atoms with Crippen LogP contribution in [0.15, 0.2) is 36.4 Å². The van der Waals surface area contributed by atoms with Crippen LogP contribution < -0.4 is 20.9 Å². The maximum Gasteiger partial charge on any atom is 0.222 e. The molecular weight excluding hydrogens is 549 g/mol. The van der Waals surface area contributed by atoms with Crippen molar-refractivity contribution in [1.82, 2.24) is 10.2 Å². The fraction of sp³-hybridized carbons (Fsp3) is 0.515. The summed E-state index contributed by atoms with van der Waals surface area (Å²) in [6, 6.07) is 10.8. The SMILES string of the molecule is CC.CC(C)C(=O)c1ccc(N2CC(N3CCN(c4ccc(N)cc4F)CC3)C2)cc1C=O.CNC(=O)C(C)CCC=O. The van der Waals surface area contributed by atoms with Crippen molar-refractivity contribution in [2.24, 2.45) is 11.8 Å². The van der Waals surface area contributed by atoms with Gasteiger partial charge in [0, 0.05) is 93.1 Å². The molecule has 4 rings (SSSR count). The first-order chi connectivity index (χ1) is 20.6. The number of nitrogen functional groups attached to an aromatic ring is 1. The maximum atomic E-state index is 14.2. The van der Waals surface area contributed by atoms with E-state index in [2.05, 4.69) is 20.0 Å². The van der Waals surface area contributed by atoms with Gasteiger partial charge in [0.05, 0.1) is 5.69 Å². The molecule has 2 fully saturated rings. The Morgan fingerprint density at radius 1 is 1.00 bits per heavy atom. The van der Waals surface area contributed by atoms with Crippen LogP contribution in [0.5, 0.6) is 0 Å². The first-order valence-electron chi connectivity index (χ1n) is 15.2. The van der Waals surface area contributed by atoms with E-state index in [1.54, 1.807) is 25.2 Å². The van der Waals surface area contributed by atoms with Gasteiger partial charge in [-0.3, -0.25) is 19.3 Å². The number of carbonyl (C=O) groups is 4. The van der Waals surface area contributed by atoms with Crippen molar-refractivity contribution in [1.29, 1.82) is 0 Å². The number of Topliss-reactive ketones (excluding diaryl/α,β-unsaturated/α-hetero) is 1. The first kappa shape index (κ1) is 35.4. The fourth-order valence-electron chi connectivity index (χ4n) is 5.08. The Balaban J connectivity index is 0.000000459. The molecule has 10 heteroatoms. The van der Waals surface area contributed by atoms with Crippen molar-refractivity contribution in [2.75, 3.05) is 61.8 Å². The highest BCUT2D eigenvalue weighted by Crippen LogP contribution is 2.28. The van der Waals surface area contributed by atoms with Crippen LogP contribution in [0.25, 0.3) is 0 Å². The lowest BCUT2D eigenvalue weighted by atomic mass is 9.95. The molecule has 2 aromatic carbocycles. The van der Waals surface area contributed by atoms with E-state index in [4.69, 9.17) is 5.73 Å². The second-order valence-electron chi connectivity index (χ2n) is 11.0. The molecule has 2 saturated heterocycles. The summed E-state index contributed by atoms with van der Waals surface area (Å²) in [7, 11) is 1.60. The summed E-state index contributed by atoms with van der Waals surface area (Å²) in [5.74, 6) is -0.463. The van der Waals surface area contributed by atoms with Crippen LogP contribution in [-0.2, 0) is 9.59 Å². The van der Waals surface area contributed by atoms with Gasteiger partial charge in [0.1, 0.15) is 12.1 Å². The molecule has 1 amide bonds. The molecule has 43 heavy (non-hydrogen) atoms. The second kappa shape index (κ2) is 17.4. The number of rotatable bonds is 10. The lowest BCUT2D eigenvalue weighted by molar-refractivity contribution is -0.124. The number of benzene rings is 2. The zero-order valence-electron chi connectivity index (χ0n) is 26.4. The third-order valence-electron chi connectivity index (χ3n) is 7.73. The number of anilines is 3. The van der Waals surface area contributed by atoms with Gasteiger partial charge in [0.25, 0.3) is 0 Å². The van der Waals surface area contributed by atoms with Crippen LogP contribution in [0, 0.1) is 17.7 Å². The van der Waals surface area contributed by atoms with E-state index in [1.165, 1.54) is 6.07 Å². The zero-order valence-corrected chi connectivity index (χ0v) is 26.4. The van der Waals surface area contributed by atoms with Gasteiger partial charge in [-0.25, -0.2) is 4.39 Å². The van der Waals surface area contributed by atoms with Gasteiger partial charge in [-0.05, 0) is 42.8 Å². The molecule has 236 valence electrons. The number of nitrogens with zero attached hydrogens (tertiary/aromatic N) is 3. The third kappa shape index (κ3) is 9.61. The minimum Gasteiger partial charge on any atom is -0.399 e. The van der Waals surface area contributed by atoms with Crippen molar-refractivity contribution in [3.8, 4) is 0 Å². The molecule has 2 aromatic rings. The summed E-state index contributed by atoms with van der Waals surface area (Å²) in [5.41, 5.74) is 8.63. The van der Waals surface area contributed by atoms with Crippen molar-refractivity contribution in [3.63, 3.8) is 0 Å². The summed E-state index contributed by atoms with van der Waals surface area (Å²) >= 11 is 0. The molecule has 0 radical (unpaired) electrons. The Bertz CT molecular complexity index is 1220. The first-order valence-corrected chi connectivity index (χ1v) is 15.2. The Labute approximate surface area is 255 Å². The molecule has 1 unspecified atom stereocenters. The maximum absolute atomic E-state index is 14.2. The number of carbonyl (C=O) groups excluding carboxylic acids is 4. The molecule has 0 saturated carbocycles. The van der Waals surface area contributed by atoms with E-state index in [0.717, 1.165) is 57.5 Å². The molecule has 2 aliphatic rings. The molecular formula is C33H48FN5O4. The average Bonchev–Trinajstić information content (AvgIpc) is 3.00. The molecule has 0 bridgehead atoms. The highest BCUT2D eigenvalue weighted by molar-refractivity contribution is 6.04. The van der Waals surface area contributed by atoms with Crippen molar-refractivity contribution in [2.45, 2.75) is 53.5 Å². The Morgan fingerprint density at radius 3 is 2.19 bits per heavy atom. The van der Waals surface area contributed by atoms with Crippen LogP contribution in [0.2, 0.25) is 0 Å². The molecule has 0 aromatic heterocycles. The van der Waals surface area contributed by atoms with Crippen LogP contribution in [0.3, 0.4) is 0 Å². The normalized spacial score (nSPS) is 15.7. The number of aldehydes is 2. The smallest absolute Gasteiger partial charge is 0.222 e. The predicted octanol–water partition coefficient (Wildman–Crippen LogP) is 4.44. The summed E-state index contributed by atoms with van der Waals surface area (Å²) in [6.07, 6.45) is 2.71. The zero-order chi connectivity index (χ0) is 32.1. The van der Waals surface area contributed by atoms with E-state index in [1.807, 2.05) is 46.8 Å². The highest BCUT2D eigenvalue weighted by atomic mass is 19.1. The number of nitrogens with two attached hydrogens (primary N) is 1. The average molecular weight is 598 g/mol. The van der Waals surface area contributed by atoms with Gasteiger partial charge in [-0.1, -0.05) is 34.6 Å². The van der Waals surface area contributed by atoms with Crippen molar-refractivity contribution < 1.29 is 23.6 Å². The van der Waals surface area contributed by atoms with Crippen LogP contribution >= 0.6 is 0 Å². The van der Waals surface area contributed by atoms with E-state index in [-0.39, 0.29) is 29.3 Å². The van der Waals surface area contributed by atoms with E-state index in [9.17, 15) is 23.6 Å². The largest absolute Gasteiger partial charge is 0.399 e. The predicted molar refractivity (Wildman–Crippen MR) is 171 cm³/mol. The molecule has 0 spiro atoms. The number of hydrogen-bond acceptors (Lipinski definition) is 8. The number of halogens is 1. The van der Waals surface area contributed by atoms with Gasteiger partial charge in [0.2, 0.25) is 5.91 Å². The van der Waals surface area contributed by atoms with Crippen LogP contribution in [0.4, 0.5) is 21.5 Å². The lowest BCUT2D eigenvalue weighted by Crippen LogP contribution is -2.63. The number of amides is 1. The topological polar surface area (TPSA) is 116 Å². The summed E-state index contributed by atoms with van der Waals surface area (Å²) < 4.78 is 14.2. The number of piperazine rings is 1. The molecule has 3 N–H and O–H groups in total. The van der Waals surface area contributed by atoms with Gasteiger partial charge in [0.15, 0.2) is 12.1 Å². The van der Waals surface area contributed by atoms with Gasteiger partial charge >= 0.3 is 0 Å². The van der Waals surface area contributed by atoms with E-state index >= 15 is 0 Å². The summed E-state index contributed by atoms with van der Waals surface area (Å²) in [4.78, 5) is 51.2. The molecule has 0 aliphatic carbocycles. The van der Waals surface area contributed by atoms with E-state index in [0.29, 0.717) is 41.4 Å². The Hall–Kier alpha value is -3.79. The standard InChI is InChI=1S/C24H29FN4O2.C7H13NO2.C2H6/c1-16(2)24(31)21-5-4-19(11-17(21)15-30)29-13-20(14-29)27-7-9-28(10-8-27)23-6-3-18(26)12-22(23)25;1-6(4-3-5-9)7(10)8-2;1-2/h3-6,11-12,15-16,20H,7-10,13-14,26H2,1-2H3;5-6H,3-4H2,1-2H3,(H,8,10);1-2H3. The van der Waals surface area contributed by atoms with Crippen molar-refractivity contribution in [3.05, 3.63) is 53.3 Å². The summed E-state index contributed by atoms with van der Waals surface area (Å²) in [5, 5.41) is 2.52. The van der Waals surface area contributed by atoms with Crippen molar-refractivity contribution >= 4 is 41.3 Å². The van der Waals surface area contributed by atoms with Gasteiger partial charge in [-0.2, -0.15) is 0 Å². The minimum atomic E-state index is -0.270. The monoisotopic (exact) mass is 597 g/mol. The molecule has 9 nitrogen and oxygen atoms in total. The molecule has 2 heterocycles. The van der Waals surface area contributed by atoms with Gasteiger partial charge in [-0.15, -0.1) is 0 Å². The molecule has 1 atom stereocenters. The number of ketones is 1. The van der Waals surface area contributed by atoms with Crippen LogP contribution in [0.1, 0.15) is 68.2 Å². The quantitative estimate of drug-likeness (QED) is 0.235. The lowest BCUT2D eigenvalue weighted by Gasteiger charge is -2.49. The minimum absolute atomic E-state index is 0.00171. The molecule has 2 aliphatic heterocycles. The Morgan fingerprint density at radius 2 is 1.65 bits per heavy atom. The second-order valence-corrected chi connectivity index (χ2v) is 11.0. The summed E-state index contributed by atoms with van der Waals surface area (Å²) in [6.45, 7) is 14.6. The number of hydrogen-bond donors (Lipinski definition) is 2.